The van der Waals surface area contributed by atoms with Crippen molar-refractivity contribution in [2.24, 2.45) is 0 Å². The van der Waals surface area contributed by atoms with Crippen LogP contribution in [0.25, 0.3) is 0 Å². The van der Waals surface area contributed by atoms with Gasteiger partial charge in [0.2, 0.25) is 0 Å². The van der Waals surface area contributed by atoms with Crippen LogP contribution in [0.4, 0.5) is 10.1 Å². The SMILES string of the molecule is COc1ccc(CCNc2cc(Cl)c(F)c(Cl)c2)cc1. The second kappa shape index (κ2) is 6.82. The number of benzene rings is 2. The number of hydrogen-bond acceptors (Lipinski definition) is 2. The topological polar surface area (TPSA) is 21.3 Å². The maximum absolute atomic E-state index is 13.3. The van der Waals surface area contributed by atoms with Gasteiger partial charge >= 0.3 is 0 Å². The van der Waals surface area contributed by atoms with Gasteiger partial charge in [-0.25, -0.2) is 4.39 Å². The molecule has 5 heteroatoms. The molecule has 0 fully saturated rings. The first-order valence-electron chi connectivity index (χ1n) is 6.11. The Labute approximate surface area is 127 Å². The van der Waals surface area contributed by atoms with Crippen molar-refractivity contribution in [1.29, 1.82) is 0 Å². The number of ether oxygens (including phenoxy) is 1. The van der Waals surface area contributed by atoms with Crippen molar-refractivity contribution in [1.82, 2.24) is 0 Å². The van der Waals surface area contributed by atoms with Gasteiger partial charge in [0.15, 0.2) is 5.82 Å². The second-order valence-corrected chi connectivity index (χ2v) is 5.09. The minimum absolute atomic E-state index is 0.0180. The van der Waals surface area contributed by atoms with Gasteiger partial charge in [-0.1, -0.05) is 35.3 Å². The van der Waals surface area contributed by atoms with E-state index in [-0.39, 0.29) is 10.0 Å². The van der Waals surface area contributed by atoms with Gasteiger partial charge in [-0.2, -0.15) is 0 Å². The third-order valence-corrected chi connectivity index (χ3v) is 3.44. The number of nitrogens with one attached hydrogen (secondary N) is 1. The van der Waals surface area contributed by atoms with Gasteiger partial charge < -0.3 is 10.1 Å². The normalized spacial score (nSPS) is 10.4. The Kier molecular flexibility index (Phi) is 5.10. The molecule has 0 spiro atoms. The van der Waals surface area contributed by atoms with Crippen molar-refractivity contribution in [3.05, 3.63) is 57.8 Å². The molecule has 106 valence electrons. The second-order valence-electron chi connectivity index (χ2n) is 4.28. The molecule has 0 amide bonds. The maximum atomic E-state index is 13.3. The minimum atomic E-state index is -0.589. The zero-order chi connectivity index (χ0) is 14.5. The molecule has 0 aliphatic heterocycles. The Bertz CT molecular complexity index is 564. The van der Waals surface area contributed by atoms with E-state index in [1.165, 1.54) is 17.7 Å². The molecule has 0 aliphatic rings. The average molecular weight is 314 g/mol. The molecular weight excluding hydrogens is 300 g/mol. The van der Waals surface area contributed by atoms with Gasteiger partial charge in [-0.3, -0.25) is 0 Å². The monoisotopic (exact) mass is 313 g/mol. The molecule has 2 nitrogen and oxygen atoms in total. The summed E-state index contributed by atoms with van der Waals surface area (Å²) in [6.45, 7) is 0.699. The van der Waals surface area contributed by atoms with Crippen LogP contribution in [0.1, 0.15) is 5.56 Å². The van der Waals surface area contributed by atoms with E-state index in [4.69, 9.17) is 27.9 Å². The predicted octanol–water partition coefficient (Wildman–Crippen LogP) is 4.80. The fourth-order valence-corrected chi connectivity index (χ4v) is 2.29. The van der Waals surface area contributed by atoms with Crippen molar-refractivity contribution >= 4 is 28.9 Å². The molecule has 1 N–H and O–H groups in total. The highest BCUT2D eigenvalue weighted by atomic mass is 35.5. The smallest absolute Gasteiger partial charge is 0.160 e. The molecule has 0 saturated carbocycles. The van der Waals surface area contributed by atoms with Gasteiger partial charge in [-0.05, 0) is 36.2 Å². The molecule has 2 aromatic carbocycles. The van der Waals surface area contributed by atoms with Gasteiger partial charge in [0.25, 0.3) is 0 Å². The molecule has 2 rings (SSSR count). The van der Waals surface area contributed by atoms with Crippen LogP contribution in [0.5, 0.6) is 5.75 Å². The van der Waals surface area contributed by atoms with Crippen LogP contribution < -0.4 is 10.1 Å². The van der Waals surface area contributed by atoms with E-state index in [1.54, 1.807) is 7.11 Å². The number of hydrogen-bond donors (Lipinski definition) is 1. The molecule has 0 unspecified atom stereocenters. The van der Waals surface area contributed by atoms with Crippen LogP contribution in [-0.2, 0) is 6.42 Å². The van der Waals surface area contributed by atoms with E-state index >= 15 is 0 Å². The van der Waals surface area contributed by atoms with Crippen LogP contribution in [0.15, 0.2) is 36.4 Å². The summed E-state index contributed by atoms with van der Waals surface area (Å²) in [7, 11) is 1.64. The van der Waals surface area contributed by atoms with E-state index < -0.39 is 5.82 Å². The van der Waals surface area contributed by atoms with E-state index in [0.717, 1.165) is 12.2 Å². The van der Waals surface area contributed by atoms with Gasteiger partial charge in [0, 0.05) is 12.2 Å². The first-order chi connectivity index (χ1) is 9.60. The summed E-state index contributed by atoms with van der Waals surface area (Å²) in [5.74, 6) is 0.243. The maximum Gasteiger partial charge on any atom is 0.160 e. The molecule has 0 aliphatic carbocycles. The fourth-order valence-electron chi connectivity index (χ4n) is 1.80. The van der Waals surface area contributed by atoms with Crippen LogP contribution >= 0.6 is 23.2 Å². The summed E-state index contributed by atoms with van der Waals surface area (Å²) in [6, 6.07) is 10.9. The fraction of sp³-hybridized carbons (Fsp3) is 0.200. The van der Waals surface area contributed by atoms with E-state index in [2.05, 4.69) is 5.32 Å². The van der Waals surface area contributed by atoms with Crippen LogP contribution in [0.3, 0.4) is 0 Å². The van der Waals surface area contributed by atoms with Crippen LogP contribution in [0, 0.1) is 5.82 Å². The van der Waals surface area contributed by atoms with Crippen molar-refractivity contribution in [3.63, 3.8) is 0 Å². The Hall–Kier alpha value is -1.45. The van der Waals surface area contributed by atoms with Crippen molar-refractivity contribution in [3.8, 4) is 5.75 Å². The number of anilines is 1. The molecule has 0 radical (unpaired) electrons. The third-order valence-electron chi connectivity index (χ3n) is 2.89. The van der Waals surface area contributed by atoms with Gasteiger partial charge in [0.05, 0.1) is 17.2 Å². The third kappa shape index (κ3) is 3.78. The first kappa shape index (κ1) is 14.9. The summed E-state index contributed by atoms with van der Waals surface area (Å²) in [5.41, 5.74) is 1.88. The predicted molar refractivity (Wildman–Crippen MR) is 81.6 cm³/mol. The lowest BCUT2D eigenvalue weighted by molar-refractivity contribution is 0.414. The molecule has 0 aromatic heterocycles. The zero-order valence-corrected chi connectivity index (χ0v) is 12.4. The minimum Gasteiger partial charge on any atom is -0.497 e. The Morgan fingerprint density at radius 2 is 1.70 bits per heavy atom. The van der Waals surface area contributed by atoms with Crippen LogP contribution in [-0.4, -0.2) is 13.7 Å². The van der Waals surface area contributed by atoms with Gasteiger partial charge in [0.1, 0.15) is 5.75 Å². The molecule has 0 heterocycles. The first-order valence-corrected chi connectivity index (χ1v) is 6.87. The van der Waals surface area contributed by atoms with E-state index in [9.17, 15) is 4.39 Å². The highest BCUT2D eigenvalue weighted by Gasteiger charge is 2.07. The highest BCUT2D eigenvalue weighted by molar-refractivity contribution is 6.35. The van der Waals surface area contributed by atoms with Crippen molar-refractivity contribution in [2.75, 3.05) is 19.0 Å². The lowest BCUT2D eigenvalue weighted by Crippen LogP contribution is -2.05. The Morgan fingerprint density at radius 3 is 2.25 bits per heavy atom. The Balaban J connectivity index is 1.92. The quantitative estimate of drug-likeness (QED) is 0.801. The molecule has 0 saturated heterocycles. The summed E-state index contributed by atoms with van der Waals surface area (Å²) >= 11 is 11.5. The Morgan fingerprint density at radius 1 is 1.10 bits per heavy atom. The lowest BCUT2D eigenvalue weighted by Gasteiger charge is -2.09. The molecule has 2 aromatic rings. The lowest BCUT2D eigenvalue weighted by atomic mass is 10.1. The number of rotatable bonds is 5. The summed E-state index contributed by atoms with van der Waals surface area (Å²) in [4.78, 5) is 0. The number of methoxy groups -OCH3 is 1. The zero-order valence-electron chi connectivity index (χ0n) is 10.9. The largest absolute Gasteiger partial charge is 0.497 e. The van der Waals surface area contributed by atoms with E-state index in [0.29, 0.717) is 12.2 Å². The molecule has 0 atom stereocenters. The summed E-state index contributed by atoms with van der Waals surface area (Å²) in [6.07, 6.45) is 0.830. The van der Waals surface area contributed by atoms with Crippen LogP contribution in [0.2, 0.25) is 10.0 Å². The van der Waals surface area contributed by atoms with Crippen molar-refractivity contribution in [2.45, 2.75) is 6.42 Å². The van der Waals surface area contributed by atoms with Crippen molar-refractivity contribution < 1.29 is 9.13 Å². The molecule has 0 bridgehead atoms. The standard InChI is InChI=1S/C15H14Cl2FNO/c1-20-12-4-2-10(3-5-12)6-7-19-11-8-13(16)15(18)14(17)9-11/h2-5,8-9,19H,6-7H2,1H3. The highest BCUT2D eigenvalue weighted by Crippen LogP contribution is 2.27. The van der Waals surface area contributed by atoms with E-state index in [1.807, 2.05) is 24.3 Å². The number of halogens is 3. The molecular formula is C15H14Cl2FNO. The molecule has 20 heavy (non-hydrogen) atoms. The summed E-state index contributed by atoms with van der Waals surface area (Å²) in [5, 5.41) is 3.20. The average Bonchev–Trinajstić information content (AvgIpc) is 2.45. The summed E-state index contributed by atoms with van der Waals surface area (Å²) < 4.78 is 18.4. The van der Waals surface area contributed by atoms with Gasteiger partial charge in [-0.15, -0.1) is 0 Å².